The number of aryl methyl sites for hydroxylation is 1. The van der Waals surface area contributed by atoms with E-state index in [1.807, 2.05) is 12.4 Å². The minimum absolute atomic E-state index is 0.0835. The number of carbonyl (C=O) groups excluding carboxylic acids is 1. The summed E-state index contributed by atoms with van der Waals surface area (Å²) in [5, 5.41) is 3.34. The third-order valence-electron chi connectivity index (χ3n) is 7.32. The van der Waals surface area contributed by atoms with Crippen molar-refractivity contribution in [1.82, 2.24) is 20.2 Å². The molecule has 3 heterocycles. The van der Waals surface area contributed by atoms with E-state index in [-0.39, 0.29) is 11.8 Å². The average Bonchev–Trinajstić information content (AvgIpc) is 2.91. The van der Waals surface area contributed by atoms with Crippen molar-refractivity contribution in [2.24, 2.45) is 5.92 Å². The molecule has 0 bridgehead atoms. The van der Waals surface area contributed by atoms with Crippen LogP contribution in [0.25, 0.3) is 11.1 Å². The van der Waals surface area contributed by atoms with Crippen molar-refractivity contribution in [2.45, 2.75) is 45.2 Å². The molecular formula is C29H35N5O. The molecular weight excluding hydrogens is 434 g/mol. The van der Waals surface area contributed by atoms with E-state index in [0.717, 1.165) is 75.5 Å². The minimum atomic E-state index is 0.0835. The highest BCUT2D eigenvalue weighted by Crippen LogP contribution is 2.24. The van der Waals surface area contributed by atoms with Crippen molar-refractivity contribution >= 4 is 11.9 Å². The van der Waals surface area contributed by atoms with Crippen LogP contribution in [0.15, 0.2) is 67.0 Å². The molecule has 0 unspecified atom stereocenters. The molecule has 182 valence electrons. The molecule has 2 aliphatic heterocycles. The van der Waals surface area contributed by atoms with Crippen LogP contribution in [0, 0.1) is 12.8 Å². The van der Waals surface area contributed by atoms with Gasteiger partial charge in [-0.05, 0) is 43.7 Å². The van der Waals surface area contributed by atoms with Crippen LogP contribution >= 0.6 is 0 Å². The average molecular weight is 470 g/mol. The summed E-state index contributed by atoms with van der Waals surface area (Å²) in [6.45, 7) is 6.79. The summed E-state index contributed by atoms with van der Waals surface area (Å²) in [6.07, 6.45) is 7.56. The number of amides is 1. The Labute approximate surface area is 208 Å². The van der Waals surface area contributed by atoms with Crippen molar-refractivity contribution < 1.29 is 4.79 Å². The fraction of sp³-hybridized carbons (Fsp3) is 0.414. The van der Waals surface area contributed by atoms with Crippen LogP contribution in [0.5, 0.6) is 0 Å². The summed E-state index contributed by atoms with van der Waals surface area (Å²) in [7, 11) is 0. The largest absolute Gasteiger partial charge is 0.353 e. The summed E-state index contributed by atoms with van der Waals surface area (Å²) in [5.41, 5.74) is 4.75. The molecule has 2 aromatic carbocycles. The van der Waals surface area contributed by atoms with Crippen LogP contribution in [0.2, 0.25) is 0 Å². The van der Waals surface area contributed by atoms with Crippen molar-refractivity contribution in [3.8, 4) is 11.1 Å². The number of nitrogens with one attached hydrogen (secondary N) is 1. The Morgan fingerprint density at radius 1 is 0.886 bits per heavy atom. The minimum Gasteiger partial charge on any atom is -0.353 e. The van der Waals surface area contributed by atoms with Crippen molar-refractivity contribution in [3.05, 3.63) is 78.1 Å². The van der Waals surface area contributed by atoms with Gasteiger partial charge in [-0.15, -0.1) is 0 Å². The van der Waals surface area contributed by atoms with E-state index in [4.69, 9.17) is 0 Å². The van der Waals surface area contributed by atoms with Gasteiger partial charge in [-0.1, -0.05) is 60.2 Å². The number of aromatic nitrogens is 2. The Bertz CT molecular complexity index is 1100. The molecule has 35 heavy (non-hydrogen) atoms. The molecule has 3 aromatic rings. The van der Waals surface area contributed by atoms with Gasteiger partial charge in [0.15, 0.2) is 0 Å². The summed E-state index contributed by atoms with van der Waals surface area (Å²) >= 11 is 0. The van der Waals surface area contributed by atoms with Crippen LogP contribution < -0.4 is 10.2 Å². The SMILES string of the molecule is Cc1cccc(-c2cnc(N3CCC(C(=O)NC4CCN(Cc5ccccc5)CC4)CC3)nc2)c1. The normalized spacial score (nSPS) is 17.9. The van der Waals surface area contributed by atoms with Crippen LogP contribution in [-0.2, 0) is 11.3 Å². The number of anilines is 1. The first-order valence-corrected chi connectivity index (χ1v) is 12.8. The maximum absolute atomic E-state index is 12.9. The summed E-state index contributed by atoms with van der Waals surface area (Å²) in [6, 6.07) is 19.3. The predicted molar refractivity (Wildman–Crippen MR) is 140 cm³/mol. The molecule has 0 saturated carbocycles. The van der Waals surface area contributed by atoms with E-state index < -0.39 is 0 Å². The second-order valence-corrected chi connectivity index (χ2v) is 9.95. The van der Waals surface area contributed by atoms with E-state index in [1.54, 1.807) is 0 Å². The van der Waals surface area contributed by atoms with Gasteiger partial charge in [-0.3, -0.25) is 9.69 Å². The molecule has 6 heteroatoms. The van der Waals surface area contributed by atoms with Gasteiger partial charge < -0.3 is 10.2 Å². The number of piperidine rings is 2. The number of carbonyl (C=O) groups is 1. The highest BCUT2D eigenvalue weighted by molar-refractivity contribution is 5.79. The van der Waals surface area contributed by atoms with Gasteiger partial charge in [-0.2, -0.15) is 0 Å². The molecule has 5 rings (SSSR count). The Morgan fingerprint density at radius 3 is 2.29 bits per heavy atom. The highest BCUT2D eigenvalue weighted by atomic mass is 16.2. The lowest BCUT2D eigenvalue weighted by atomic mass is 9.94. The molecule has 2 fully saturated rings. The molecule has 2 saturated heterocycles. The first-order chi connectivity index (χ1) is 17.1. The molecule has 0 spiro atoms. The van der Waals surface area contributed by atoms with Gasteiger partial charge in [0.2, 0.25) is 11.9 Å². The van der Waals surface area contributed by atoms with Gasteiger partial charge >= 0.3 is 0 Å². The molecule has 1 amide bonds. The van der Waals surface area contributed by atoms with Gasteiger partial charge in [-0.25, -0.2) is 9.97 Å². The fourth-order valence-corrected chi connectivity index (χ4v) is 5.20. The summed E-state index contributed by atoms with van der Waals surface area (Å²) < 4.78 is 0. The van der Waals surface area contributed by atoms with E-state index >= 15 is 0 Å². The number of rotatable bonds is 6. The lowest BCUT2D eigenvalue weighted by Gasteiger charge is -2.35. The highest BCUT2D eigenvalue weighted by Gasteiger charge is 2.28. The Hall–Kier alpha value is -3.25. The Balaban J connectivity index is 1.06. The van der Waals surface area contributed by atoms with E-state index in [9.17, 15) is 4.79 Å². The fourth-order valence-electron chi connectivity index (χ4n) is 5.20. The van der Waals surface area contributed by atoms with Crippen molar-refractivity contribution in [1.29, 1.82) is 0 Å². The molecule has 0 aliphatic carbocycles. The molecule has 1 aromatic heterocycles. The third kappa shape index (κ3) is 6.06. The molecule has 6 nitrogen and oxygen atoms in total. The first-order valence-electron chi connectivity index (χ1n) is 12.8. The van der Waals surface area contributed by atoms with E-state index in [0.29, 0.717) is 6.04 Å². The van der Waals surface area contributed by atoms with Crippen LogP contribution in [-0.4, -0.2) is 53.0 Å². The molecule has 0 radical (unpaired) electrons. The predicted octanol–water partition coefficient (Wildman–Crippen LogP) is 4.45. The number of likely N-dealkylation sites (tertiary alicyclic amines) is 1. The summed E-state index contributed by atoms with van der Waals surface area (Å²) in [4.78, 5) is 26.9. The van der Waals surface area contributed by atoms with Gasteiger partial charge in [0.25, 0.3) is 0 Å². The van der Waals surface area contributed by atoms with Gasteiger partial charge in [0.1, 0.15) is 0 Å². The quantitative estimate of drug-likeness (QED) is 0.578. The Morgan fingerprint density at radius 2 is 1.60 bits per heavy atom. The van der Waals surface area contributed by atoms with E-state index in [2.05, 4.69) is 86.6 Å². The monoisotopic (exact) mass is 469 g/mol. The zero-order chi connectivity index (χ0) is 24.0. The lowest BCUT2D eigenvalue weighted by molar-refractivity contribution is -0.126. The molecule has 0 atom stereocenters. The second kappa shape index (κ2) is 11.0. The maximum atomic E-state index is 12.9. The van der Waals surface area contributed by atoms with Crippen molar-refractivity contribution in [3.63, 3.8) is 0 Å². The zero-order valence-electron chi connectivity index (χ0n) is 20.6. The Kier molecular flexibility index (Phi) is 7.38. The smallest absolute Gasteiger partial charge is 0.225 e. The standard InChI is InChI=1S/C29H35N5O/c1-22-6-5-9-25(18-22)26-19-30-29(31-20-26)34-16-10-24(11-17-34)28(35)32-27-12-14-33(15-13-27)21-23-7-3-2-4-8-23/h2-9,18-20,24,27H,10-17,21H2,1H3,(H,32,35). The zero-order valence-corrected chi connectivity index (χ0v) is 20.6. The van der Waals surface area contributed by atoms with E-state index in [1.165, 1.54) is 11.1 Å². The number of hydrogen-bond acceptors (Lipinski definition) is 5. The third-order valence-corrected chi connectivity index (χ3v) is 7.32. The van der Waals surface area contributed by atoms with Crippen molar-refractivity contribution in [2.75, 3.05) is 31.1 Å². The second-order valence-electron chi connectivity index (χ2n) is 9.95. The van der Waals surface area contributed by atoms with Crippen LogP contribution in [0.3, 0.4) is 0 Å². The number of nitrogens with zero attached hydrogens (tertiary/aromatic N) is 4. The molecule has 2 aliphatic rings. The van der Waals surface area contributed by atoms with Crippen LogP contribution in [0.1, 0.15) is 36.8 Å². The lowest BCUT2D eigenvalue weighted by Crippen LogP contribution is -2.48. The van der Waals surface area contributed by atoms with Gasteiger partial charge in [0.05, 0.1) is 0 Å². The maximum Gasteiger partial charge on any atom is 0.225 e. The number of hydrogen-bond donors (Lipinski definition) is 1. The van der Waals surface area contributed by atoms with Gasteiger partial charge in [0, 0.05) is 62.6 Å². The summed E-state index contributed by atoms with van der Waals surface area (Å²) in [5.74, 6) is 1.06. The number of benzene rings is 2. The topological polar surface area (TPSA) is 61.4 Å². The first kappa shape index (κ1) is 23.5. The molecule has 1 N–H and O–H groups in total. The van der Waals surface area contributed by atoms with Crippen LogP contribution in [0.4, 0.5) is 5.95 Å².